The molecule has 0 unspecified atom stereocenters. The van der Waals surface area contributed by atoms with E-state index in [9.17, 15) is 0 Å². The highest BCUT2D eigenvalue weighted by atomic mass is 31.2. The molecule has 0 fully saturated rings. The Morgan fingerprint density at radius 2 is 0.931 bits per heavy atom. The fourth-order valence-corrected chi connectivity index (χ4v) is 7.98. The predicted octanol–water partition coefficient (Wildman–Crippen LogP) is 4.32. The van der Waals surface area contributed by atoms with Gasteiger partial charge in [0.15, 0.2) is 0 Å². The number of hydrogen-bond donors (Lipinski definition) is 0. The van der Waals surface area contributed by atoms with Gasteiger partial charge in [-0.3, -0.25) is 0 Å². The molecule has 0 saturated carbocycles. The minimum atomic E-state index is -2.05. The zero-order chi connectivity index (χ0) is 19.9. The van der Waals surface area contributed by atoms with E-state index in [0.717, 1.165) is 5.75 Å². The number of terminal acetylenes is 1. The Bertz CT molecular complexity index is 985. The minimum Gasteiger partial charge on any atom is -0.481 e. The standard InChI is InChI=1S/C27H22OP/c1-2-22-28-23-18-20-27(21-19-23)29(24-12-6-3-7-13-24,25-14-8-4-9-15-25)26-16-10-5-11-17-26/h1,3-21H,22H2/q+1. The summed E-state index contributed by atoms with van der Waals surface area (Å²) in [5.74, 6) is 3.31. The molecule has 0 radical (unpaired) electrons. The Hall–Kier alpha value is -3.33. The van der Waals surface area contributed by atoms with Crippen molar-refractivity contribution in [2.45, 2.75) is 0 Å². The van der Waals surface area contributed by atoms with Crippen LogP contribution in [0.15, 0.2) is 115 Å². The molecule has 4 aromatic rings. The Labute approximate surface area is 173 Å². The Morgan fingerprint density at radius 1 is 0.552 bits per heavy atom. The lowest BCUT2D eigenvalue weighted by molar-refractivity contribution is 0.370. The highest BCUT2D eigenvalue weighted by Crippen LogP contribution is 2.54. The molecule has 4 aromatic carbocycles. The van der Waals surface area contributed by atoms with Crippen molar-refractivity contribution in [3.63, 3.8) is 0 Å². The van der Waals surface area contributed by atoms with Crippen LogP contribution in [0.1, 0.15) is 0 Å². The van der Waals surface area contributed by atoms with E-state index in [-0.39, 0.29) is 6.61 Å². The molecule has 0 aliphatic heterocycles. The quantitative estimate of drug-likeness (QED) is 0.350. The lowest BCUT2D eigenvalue weighted by atomic mass is 10.3. The first-order chi connectivity index (χ1) is 14.4. The molecule has 1 nitrogen and oxygen atoms in total. The van der Waals surface area contributed by atoms with Crippen LogP contribution in [0.25, 0.3) is 0 Å². The maximum atomic E-state index is 5.62. The van der Waals surface area contributed by atoms with Crippen molar-refractivity contribution in [2.75, 3.05) is 6.61 Å². The SMILES string of the molecule is C#CCOc1ccc([P+](c2ccccc2)(c2ccccc2)c2ccccc2)cc1. The maximum Gasteiger partial charge on any atom is 0.148 e. The molecule has 0 amide bonds. The highest BCUT2D eigenvalue weighted by Gasteiger charge is 2.47. The van der Waals surface area contributed by atoms with Crippen LogP contribution in [0.2, 0.25) is 0 Å². The summed E-state index contributed by atoms with van der Waals surface area (Å²) >= 11 is 0. The lowest BCUT2D eigenvalue weighted by Gasteiger charge is -2.27. The molecule has 0 bridgehead atoms. The van der Waals surface area contributed by atoms with E-state index in [4.69, 9.17) is 11.2 Å². The van der Waals surface area contributed by atoms with Gasteiger partial charge in [-0.1, -0.05) is 60.5 Å². The molecule has 0 aliphatic carbocycles. The second kappa shape index (κ2) is 8.78. The van der Waals surface area contributed by atoms with Crippen LogP contribution >= 0.6 is 7.26 Å². The van der Waals surface area contributed by atoms with Gasteiger partial charge < -0.3 is 4.74 Å². The van der Waals surface area contributed by atoms with Gasteiger partial charge in [0.2, 0.25) is 0 Å². The van der Waals surface area contributed by atoms with E-state index in [0.29, 0.717) is 0 Å². The summed E-state index contributed by atoms with van der Waals surface area (Å²) < 4.78 is 5.62. The van der Waals surface area contributed by atoms with Crippen LogP contribution in [0.5, 0.6) is 5.75 Å². The third kappa shape index (κ3) is 3.68. The zero-order valence-corrected chi connectivity index (χ0v) is 17.0. The molecular weight excluding hydrogens is 371 g/mol. The van der Waals surface area contributed by atoms with E-state index >= 15 is 0 Å². The molecule has 29 heavy (non-hydrogen) atoms. The molecule has 0 spiro atoms. The molecule has 140 valence electrons. The summed E-state index contributed by atoms with van der Waals surface area (Å²) in [4.78, 5) is 0. The molecule has 0 heterocycles. The summed E-state index contributed by atoms with van der Waals surface area (Å²) in [6.45, 7) is 0.274. The van der Waals surface area contributed by atoms with Crippen LogP contribution in [0, 0.1) is 12.3 Å². The van der Waals surface area contributed by atoms with Crippen LogP contribution in [0.3, 0.4) is 0 Å². The van der Waals surface area contributed by atoms with Gasteiger partial charge in [-0.05, 0) is 60.7 Å². The van der Waals surface area contributed by atoms with Crippen LogP contribution < -0.4 is 26.0 Å². The third-order valence-electron chi connectivity index (χ3n) is 4.98. The summed E-state index contributed by atoms with van der Waals surface area (Å²) in [6, 6.07) is 40.9. The van der Waals surface area contributed by atoms with Gasteiger partial charge in [0.05, 0.1) is 0 Å². The fraction of sp³-hybridized carbons (Fsp3) is 0.0370. The number of benzene rings is 4. The fourth-order valence-electron chi connectivity index (χ4n) is 3.74. The zero-order valence-electron chi connectivity index (χ0n) is 16.1. The average molecular weight is 393 g/mol. The molecule has 0 atom stereocenters. The van der Waals surface area contributed by atoms with Gasteiger partial charge in [-0.25, -0.2) is 0 Å². The van der Waals surface area contributed by atoms with Crippen molar-refractivity contribution in [3.05, 3.63) is 115 Å². The maximum absolute atomic E-state index is 5.62. The van der Waals surface area contributed by atoms with E-state index in [2.05, 4.69) is 109 Å². The van der Waals surface area contributed by atoms with Gasteiger partial charge >= 0.3 is 0 Å². The van der Waals surface area contributed by atoms with Gasteiger partial charge in [0, 0.05) is 0 Å². The van der Waals surface area contributed by atoms with E-state index in [1.807, 2.05) is 12.1 Å². The van der Waals surface area contributed by atoms with Gasteiger partial charge in [0.1, 0.15) is 40.8 Å². The predicted molar refractivity (Wildman–Crippen MR) is 126 cm³/mol. The second-order valence-corrected chi connectivity index (χ2v) is 10.1. The first-order valence-electron chi connectivity index (χ1n) is 9.58. The Morgan fingerprint density at radius 3 is 1.31 bits per heavy atom. The summed E-state index contributed by atoms with van der Waals surface area (Å²) in [5, 5.41) is 5.27. The molecule has 4 rings (SSSR count). The first kappa shape index (κ1) is 19.0. The van der Waals surface area contributed by atoms with Crippen molar-refractivity contribution < 1.29 is 4.74 Å². The van der Waals surface area contributed by atoms with Crippen molar-refractivity contribution in [1.29, 1.82) is 0 Å². The van der Waals surface area contributed by atoms with E-state index in [1.54, 1.807) is 0 Å². The normalized spacial score (nSPS) is 10.9. The first-order valence-corrected chi connectivity index (χ1v) is 11.4. The number of hydrogen-bond acceptors (Lipinski definition) is 1. The molecule has 0 N–H and O–H groups in total. The van der Waals surface area contributed by atoms with E-state index < -0.39 is 7.26 Å². The monoisotopic (exact) mass is 393 g/mol. The minimum absolute atomic E-state index is 0.274. The van der Waals surface area contributed by atoms with Gasteiger partial charge in [0.25, 0.3) is 0 Å². The van der Waals surface area contributed by atoms with Crippen LogP contribution in [-0.2, 0) is 0 Å². The van der Waals surface area contributed by atoms with E-state index in [1.165, 1.54) is 21.2 Å². The smallest absolute Gasteiger partial charge is 0.148 e. The summed E-state index contributed by atoms with van der Waals surface area (Å²) in [7, 11) is -2.05. The van der Waals surface area contributed by atoms with Crippen molar-refractivity contribution in [3.8, 4) is 18.1 Å². The number of ether oxygens (including phenoxy) is 1. The van der Waals surface area contributed by atoms with Crippen LogP contribution in [-0.4, -0.2) is 6.61 Å². The number of rotatable bonds is 6. The van der Waals surface area contributed by atoms with Gasteiger partial charge in [-0.15, -0.1) is 6.42 Å². The molecule has 0 aromatic heterocycles. The molecule has 0 aliphatic rings. The largest absolute Gasteiger partial charge is 0.481 e. The van der Waals surface area contributed by atoms with Crippen molar-refractivity contribution >= 4 is 28.5 Å². The highest BCUT2D eigenvalue weighted by molar-refractivity contribution is 8.01. The van der Waals surface area contributed by atoms with Crippen molar-refractivity contribution in [2.24, 2.45) is 0 Å². The summed E-state index contributed by atoms with van der Waals surface area (Å²) in [5.41, 5.74) is 0. The molecule has 0 saturated heterocycles. The average Bonchev–Trinajstić information content (AvgIpc) is 2.81. The van der Waals surface area contributed by atoms with Gasteiger partial charge in [-0.2, -0.15) is 0 Å². The molecule has 2 heteroatoms. The Kier molecular flexibility index (Phi) is 5.76. The van der Waals surface area contributed by atoms with Crippen LogP contribution in [0.4, 0.5) is 0 Å². The third-order valence-corrected chi connectivity index (χ3v) is 9.27. The molecular formula is C27H22OP+. The Balaban J connectivity index is 1.99. The summed E-state index contributed by atoms with van der Waals surface area (Å²) in [6.07, 6.45) is 5.33. The second-order valence-electron chi connectivity index (χ2n) is 6.66. The lowest BCUT2D eigenvalue weighted by Crippen LogP contribution is -2.38. The topological polar surface area (TPSA) is 9.23 Å². The van der Waals surface area contributed by atoms with Crippen molar-refractivity contribution in [1.82, 2.24) is 0 Å².